The number of aromatic nitrogens is 2. The first kappa shape index (κ1) is 20.8. The summed E-state index contributed by atoms with van der Waals surface area (Å²) >= 11 is 5.91. The summed E-state index contributed by atoms with van der Waals surface area (Å²) in [5.41, 5.74) is 4.53. The molecule has 3 rings (SSSR count). The van der Waals surface area contributed by atoms with Crippen molar-refractivity contribution in [2.24, 2.45) is 5.73 Å². The lowest BCUT2D eigenvalue weighted by molar-refractivity contribution is -0.142. The molecule has 12 heteroatoms. The van der Waals surface area contributed by atoms with Crippen molar-refractivity contribution in [2.75, 3.05) is 19.0 Å². The van der Waals surface area contributed by atoms with Crippen LogP contribution in [0, 0.1) is 0 Å². The Morgan fingerprint density at radius 2 is 2.10 bits per heavy atom. The van der Waals surface area contributed by atoms with Crippen LogP contribution in [-0.4, -0.2) is 40.3 Å². The first-order chi connectivity index (χ1) is 13.6. The summed E-state index contributed by atoms with van der Waals surface area (Å²) in [4.78, 5) is 25.1. The highest BCUT2D eigenvalue weighted by molar-refractivity contribution is 6.31. The van der Waals surface area contributed by atoms with Gasteiger partial charge >= 0.3 is 12.2 Å². The van der Waals surface area contributed by atoms with E-state index in [1.807, 2.05) is 0 Å². The topological polar surface area (TPSA) is 102 Å². The molecule has 2 aromatic rings. The molecule has 0 saturated heterocycles. The molecular formula is C17H17ClF3N5O3. The van der Waals surface area contributed by atoms with E-state index in [1.54, 1.807) is 12.1 Å². The number of anilines is 1. The maximum absolute atomic E-state index is 13.4. The van der Waals surface area contributed by atoms with Crippen LogP contribution < -0.4 is 15.8 Å². The third-order valence-electron chi connectivity index (χ3n) is 4.45. The van der Waals surface area contributed by atoms with E-state index in [-0.39, 0.29) is 36.5 Å². The summed E-state index contributed by atoms with van der Waals surface area (Å²) in [5.74, 6) is -0.304. The number of nitrogens with one attached hydrogen (secondary N) is 1. The summed E-state index contributed by atoms with van der Waals surface area (Å²) in [6, 6.07) is 3.80. The zero-order valence-corrected chi connectivity index (χ0v) is 16.0. The molecule has 1 aromatic carbocycles. The lowest BCUT2D eigenvalue weighted by atomic mass is 10.0. The zero-order valence-electron chi connectivity index (χ0n) is 15.2. The van der Waals surface area contributed by atoms with Gasteiger partial charge in [0.05, 0.1) is 25.0 Å². The van der Waals surface area contributed by atoms with Gasteiger partial charge in [-0.3, -0.25) is 9.48 Å². The highest BCUT2D eigenvalue weighted by Crippen LogP contribution is 2.35. The quantitative estimate of drug-likeness (QED) is 0.776. The maximum Gasteiger partial charge on any atom is 0.435 e. The van der Waals surface area contributed by atoms with Gasteiger partial charge in [0.25, 0.3) is 0 Å². The Kier molecular flexibility index (Phi) is 5.60. The molecule has 0 fully saturated rings. The van der Waals surface area contributed by atoms with E-state index in [9.17, 15) is 22.8 Å². The third kappa shape index (κ3) is 4.39. The number of benzene rings is 1. The summed E-state index contributed by atoms with van der Waals surface area (Å²) in [5, 5.41) is 6.48. The van der Waals surface area contributed by atoms with Gasteiger partial charge < -0.3 is 20.7 Å². The molecule has 0 radical (unpaired) electrons. The summed E-state index contributed by atoms with van der Waals surface area (Å²) in [6.07, 6.45) is -4.74. The number of ether oxygens (including phenoxy) is 1. The molecule has 1 aromatic heterocycles. The number of hydrogen-bond acceptors (Lipinski definition) is 4. The Morgan fingerprint density at radius 3 is 2.72 bits per heavy atom. The summed E-state index contributed by atoms with van der Waals surface area (Å²) in [7, 11) is 1.40. The Bertz CT molecular complexity index is 961. The van der Waals surface area contributed by atoms with Gasteiger partial charge in [-0.1, -0.05) is 11.6 Å². The molecule has 0 aliphatic carbocycles. The van der Waals surface area contributed by atoms with Crippen molar-refractivity contribution in [1.29, 1.82) is 0 Å². The lowest BCUT2D eigenvalue weighted by Crippen LogP contribution is -2.40. The van der Waals surface area contributed by atoms with Crippen LogP contribution in [0.15, 0.2) is 18.2 Å². The molecule has 3 N–H and O–H groups in total. The van der Waals surface area contributed by atoms with E-state index >= 15 is 0 Å². The number of halogens is 4. The first-order valence-corrected chi connectivity index (χ1v) is 8.81. The predicted octanol–water partition coefficient (Wildman–Crippen LogP) is 2.64. The first-order valence-electron chi connectivity index (χ1n) is 8.43. The number of amides is 3. The predicted molar refractivity (Wildman–Crippen MR) is 97.6 cm³/mol. The molecule has 0 atom stereocenters. The molecule has 29 heavy (non-hydrogen) atoms. The highest BCUT2D eigenvalue weighted by Gasteiger charge is 2.41. The smallest absolute Gasteiger partial charge is 0.435 e. The van der Waals surface area contributed by atoms with Crippen molar-refractivity contribution in [3.63, 3.8) is 0 Å². The number of hydrogen-bond donors (Lipinski definition) is 2. The second-order valence-corrected chi connectivity index (χ2v) is 6.77. The van der Waals surface area contributed by atoms with Crippen molar-refractivity contribution in [3.8, 4) is 5.75 Å². The van der Waals surface area contributed by atoms with Crippen molar-refractivity contribution in [3.05, 3.63) is 40.2 Å². The van der Waals surface area contributed by atoms with Crippen molar-refractivity contribution in [1.82, 2.24) is 14.7 Å². The zero-order chi connectivity index (χ0) is 21.3. The number of primary amides is 1. The summed E-state index contributed by atoms with van der Waals surface area (Å²) < 4.78 is 46.2. The van der Waals surface area contributed by atoms with Crippen LogP contribution >= 0.6 is 11.6 Å². The molecule has 3 amide bonds. The molecule has 8 nitrogen and oxygen atoms in total. The summed E-state index contributed by atoms with van der Waals surface area (Å²) in [6.45, 7) is -0.620. The average Bonchev–Trinajstić information content (AvgIpc) is 3.00. The number of alkyl halides is 3. The molecule has 2 heterocycles. The van der Waals surface area contributed by atoms with Gasteiger partial charge in [-0.15, -0.1) is 0 Å². The van der Waals surface area contributed by atoms with Gasteiger partial charge in [0, 0.05) is 17.1 Å². The van der Waals surface area contributed by atoms with E-state index in [2.05, 4.69) is 10.4 Å². The van der Waals surface area contributed by atoms with Crippen LogP contribution in [0.3, 0.4) is 0 Å². The van der Waals surface area contributed by atoms with Gasteiger partial charge in [0.2, 0.25) is 5.91 Å². The van der Waals surface area contributed by atoms with Crippen LogP contribution in [0.25, 0.3) is 0 Å². The minimum atomic E-state index is -4.68. The Balaban J connectivity index is 1.89. The number of urea groups is 1. The number of rotatable bonds is 4. The fraction of sp³-hybridized carbons (Fsp3) is 0.353. The maximum atomic E-state index is 13.4. The minimum Gasteiger partial charge on any atom is -0.495 e. The number of carbonyl (C=O) groups excluding carboxylic acids is 2. The molecule has 0 spiro atoms. The van der Waals surface area contributed by atoms with Crippen LogP contribution in [0.1, 0.15) is 17.0 Å². The van der Waals surface area contributed by atoms with Crippen LogP contribution in [0.5, 0.6) is 5.75 Å². The normalized spacial score (nSPS) is 13.8. The number of carbonyl (C=O) groups is 2. The van der Waals surface area contributed by atoms with Gasteiger partial charge in [0.1, 0.15) is 12.3 Å². The van der Waals surface area contributed by atoms with Crippen LogP contribution in [0.4, 0.5) is 23.7 Å². The van der Waals surface area contributed by atoms with Crippen molar-refractivity contribution < 1.29 is 27.5 Å². The number of nitrogens with two attached hydrogens (primary N) is 1. The lowest BCUT2D eigenvalue weighted by Gasteiger charge is -2.26. The number of methoxy groups -OCH3 is 1. The molecule has 1 aliphatic heterocycles. The second-order valence-electron chi connectivity index (χ2n) is 6.33. The minimum absolute atomic E-state index is 0.0388. The van der Waals surface area contributed by atoms with E-state index in [1.165, 1.54) is 18.1 Å². The third-order valence-corrected chi connectivity index (χ3v) is 4.68. The fourth-order valence-corrected chi connectivity index (χ4v) is 3.30. The molecule has 0 saturated carbocycles. The van der Waals surface area contributed by atoms with Crippen LogP contribution in [0.2, 0.25) is 5.02 Å². The van der Waals surface area contributed by atoms with Crippen molar-refractivity contribution in [2.45, 2.75) is 25.7 Å². The van der Waals surface area contributed by atoms with Crippen molar-refractivity contribution >= 4 is 29.2 Å². The highest BCUT2D eigenvalue weighted by atomic mass is 35.5. The molecule has 156 valence electrons. The van der Waals surface area contributed by atoms with E-state index in [0.29, 0.717) is 10.8 Å². The standard InChI is InChI=1S/C17H17ClF3N5O3/c1-29-13-3-2-9(18)6-11(13)23-14(27)8-26-12-7-25(16(22)28)5-4-10(12)15(24-26)17(19,20)21/h2-3,6H,4-5,7-8H2,1H3,(H2,22,28)(H,23,27). The van der Waals surface area contributed by atoms with Gasteiger partial charge in [0.15, 0.2) is 5.69 Å². The Hall–Kier alpha value is -2.95. The Morgan fingerprint density at radius 1 is 1.38 bits per heavy atom. The van der Waals surface area contributed by atoms with Gasteiger partial charge in [-0.25, -0.2) is 4.79 Å². The van der Waals surface area contributed by atoms with E-state index < -0.39 is 30.4 Å². The molecular weight excluding hydrogens is 415 g/mol. The number of nitrogens with zero attached hydrogens (tertiary/aromatic N) is 3. The van der Waals surface area contributed by atoms with Gasteiger partial charge in [-0.2, -0.15) is 18.3 Å². The average molecular weight is 432 g/mol. The van der Waals surface area contributed by atoms with Gasteiger partial charge in [-0.05, 0) is 24.6 Å². The molecule has 0 bridgehead atoms. The SMILES string of the molecule is COc1ccc(Cl)cc1NC(=O)Cn1nc(C(F)(F)F)c2c1CN(C(N)=O)CC2. The Labute approximate surface area is 168 Å². The molecule has 0 unspecified atom stereocenters. The second kappa shape index (κ2) is 7.82. The van der Waals surface area contributed by atoms with Crippen LogP contribution in [-0.2, 0) is 30.5 Å². The number of fused-ring (bicyclic) bond motifs is 1. The van der Waals surface area contributed by atoms with E-state index in [0.717, 1.165) is 4.68 Å². The fourth-order valence-electron chi connectivity index (χ4n) is 3.13. The monoisotopic (exact) mass is 431 g/mol. The molecule has 1 aliphatic rings. The van der Waals surface area contributed by atoms with E-state index in [4.69, 9.17) is 22.1 Å². The largest absolute Gasteiger partial charge is 0.495 e.